The van der Waals surface area contributed by atoms with Gasteiger partial charge in [0.2, 0.25) is 17.3 Å². The van der Waals surface area contributed by atoms with Crippen LogP contribution in [0.4, 0.5) is 5.69 Å². The Hall–Kier alpha value is -4.52. The third-order valence-electron chi connectivity index (χ3n) is 8.57. The minimum Gasteiger partial charge on any atom is -0.510 e. The topological polar surface area (TPSA) is 169 Å². The second-order valence-corrected chi connectivity index (χ2v) is 12.3. The van der Waals surface area contributed by atoms with Gasteiger partial charge in [-0.15, -0.1) is 0 Å². The summed E-state index contributed by atoms with van der Waals surface area (Å²) in [4.78, 5) is 83.4. The van der Waals surface area contributed by atoms with Crippen LogP contribution in [0.3, 0.4) is 0 Å². The summed E-state index contributed by atoms with van der Waals surface area (Å²) in [5, 5.41) is 13.5. The van der Waals surface area contributed by atoms with E-state index in [1.165, 1.54) is 4.90 Å². The largest absolute Gasteiger partial charge is 0.510 e. The molecule has 3 aliphatic carbocycles. The van der Waals surface area contributed by atoms with E-state index in [0.29, 0.717) is 17.9 Å². The molecule has 1 aromatic carbocycles. The number of fused-ring (bicyclic) bond motifs is 3. The van der Waals surface area contributed by atoms with Crippen molar-refractivity contribution in [3.05, 3.63) is 45.9 Å². The van der Waals surface area contributed by atoms with Gasteiger partial charge >= 0.3 is 11.9 Å². The lowest BCUT2D eigenvalue weighted by Crippen LogP contribution is -2.66. The molecule has 0 aliphatic heterocycles. The Balaban J connectivity index is 2.10. The Bertz CT molecular complexity index is 1570. The van der Waals surface area contributed by atoms with Crippen LogP contribution in [0.5, 0.6) is 5.75 Å². The molecular formula is C33H41N3O10. The number of carbonyl (C=O) groups excluding carboxylic acids is 6. The highest BCUT2D eigenvalue weighted by Crippen LogP contribution is 2.55. The molecule has 13 nitrogen and oxygen atoms in total. The van der Waals surface area contributed by atoms with E-state index in [-0.39, 0.29) is 24.0 Å². The van der Waals surface area contributed by atoms with Crippen LogP contribution >= 0.6 is 0 Å². The number of anilines is 1. The number of nitrogens with zero attached hydrogens (tertiary/aromatic N) is 2. The van der Waals surface area contributed by atoms with Crippen molar-refractivity contribution >= 4 is 41.0 Å². The maximum atomic E-state index is 14.7. The molecule has 0 saturated heterocycles. The molecule has 1 aromatic rings. The zero-order valence-corrected chi connectivity index (χ0v) is 27.4. The van der Waals surface area contributed by atoms with E-state index < -0.39 is 75.9 Å². The normalized spacial score (nSPS) is 23.7. The standard InChI is InChI=1S/C33H41N3O10/c1-9-10-13-44-23-12-11-22(35(5)6)20-14-19-15-21-27(36(7)8)29(41)26(32(43)34-16(2)37)30(42)33(21,46-18(4)39)31(45-17(3)38)24(19)28(40)25(20)23/h11-12,19,21,27,41H,9-10,13-15H2,1-8H3,(H,34,37,43). The second-order valence-electron chi connectivity index (χ2n) is 12.3. The summed E-state index contributed by atoms with van der Waals surface area (Å²) in [5.41, 5.74) is -1.72. The smallest absolute Gasteiger partial charge is 0.307 e. The highest BCUT2D eigenvalue weighted by atomic mass is 16.6. The summed E-state index contributed by atoms with van der Waals surface area (Å²) in [6.45, 7) is 5.52. The molecule has 0 bridgehead atoms. The minimum absolute atomic E-state index is 0.0204. The summed E-state index contributed by atoms with van der Waals surface area (Å²) >= 11 is 0. The first-order valence-electron chi connectivity index (χ1n) is 15.2. The molecular weight excluding hydrogens is 598 g/mol. The first-order chi connectivity index (χ1) is 21.6. The Morgan fingerprint density at radius 1 is 1.04 bits per heavy atom. The molecule has 0 fully saturated rings. The van der Waals surface area contributed by atoms with E-state index in [4.69, 9.17) is 14.2 Å². The fraction of sp³-hybridized carbons (Fsp3) is 0.515. The maximum absolute atomic E-state index is 14.7. The van der Waals surface area contributed by atoms with Crippen LogP contribution in [0.2, 0.25) is 0 Å². The molecule has 46 heavy (non-hydrogen) atoms. The van der Waals surface area contributed by atoms with E-state index >= 15 is 0 Å². The summed E-state index contributed by atoms with van der Waals surface area (Å²) in [5.74, 6) is -8.31. The third-order valence-corrected chi connectivity index (χ3v) is 8.57. The molecule has 4 atom stereocenters. The summed E-state index contributed by atoms with van der Waals surface area (Å²) in [6.07, 6.45) is 1.88. The SMILES string of the molecule is CCCCOc1ccc(N(C)C)c2c1C(=O)C1=C(OC(C)=O)C3(OC(C)=O)C(=O)C(C(=O)NC(C)=O)=C(O)C(N(C)C)C3CC1C2. The third kappa shape index (κ3) is 5.79. The van der Waals surface area contributed by atoms with Crippen LogP contribution in [0.15, 0.2) is 34.8 Å². The van der Waals surface area contributed by atoms with E-state index in [1.54, 1.807) is 20.2 Å². The monoisotopic (exact) mass is 639 g/mol. The Morgan fingerprint density at radius 2 is 1.72 bits per heavy atom. The fourth-order valence-electron chi connectivity index (χ4n) is 6.91. The van der Waals surface area contributed by atoms with Crippen molar-refractivity contribution in [2.24, 2.45) is 11.8 Å². The second kappa shape index (κ2) is 13.1. The molecule has 248 valence electrons. The van der Waals surface area contributed by atoms with Crippen LogP contribution in [-0.2, 0) is 39.9 Å². The molecule has 0 heterocycles. The predicted molar refractivity (Wildman–Crippen MR) is 165 cm³/mol. The van der Waals surface area contributed by atoms with E-state index in [9.17, 15) is 33.9 Å². The number of esters is 2. The molecule has 13 heteroatoms. The molecule has 4 unspecified atom stereocenters. The Morgan fingerprint density at radius 3 is 2.26 bits per heavy atom. The number of nitrogens with one attached hydrogen (secondary N) is 1. The number of unbranched alkanes of at least 4 members (excludes halogenated alkanes) is 1. The number of likely N-dealkylation sites (N-methyl/N-ethyl adjacent to an activating group) is 1. The van der Waals surface area contributed by atoms with Gasteiger partial charge in [-0.1, -0.05) is 13.3 Å². The van der Waals surface area contributed by atoms with Gasteiger partial charge in [-0.25, -0.2) is 0 Å². The number of imide groups is 1. The first-order valence-corrected chi connectivity index (χ1v) is 15.2. The number of hydrogen-bond donors (Lipinski definition) is 2. The average Bonchev–Trinajstić information content (AvgIpc) is 2.93. The van der Waals surface area contributed by atoms with Crippen LogP contribution in [0.1, 0.15) is 62.9 Å². The zero-order chi connectivity index (χ0) is 34.2. The maximum Gasteiger partial charge on any atom is 0.307 e. The van der Waals surface area contributed by atoms with Gasteiger partial charge in [0.15, 0.2) is 11.5 Å². The number of amides is 2. The molecule has 0 saturated carbocycles. The Labute approximate surface area is 267 Å². The van der Waals surface area contributed by atoms with Gasteiger partial charge in [0.25, 0.3) is 5.91 Å². The van der Waals surface area contributed by atoms with Gasteiger partial charge in [-0.05, 0) is 57.0 Å². The molecule has 4 rings (SSSR count). The van der Waals surface area contributed by atoms with Crippen molar-refractivity contribution in [3.63, 3.8) is 0 Å². The summed E-state index contributed by atoms with van der Waals surface area (Å²) in [6, 6.07) is 2.42. The minimum atomic E-state index is -2.51. The van der Waals surface area contributed by atoms with Gasteiger partial charge in [0.05, 0.1) is 18.2 Å². The number of benzene rings is 1. The Kier molecular flexibility index (Phi) is 9.76. The fourth-order valence-corrected chi connectivity index (χ4v) is 6.91. The number of allylic oxidation sites excluding steroid dienone is 1. The highest BCUT2D eigenvalue weighted by molar-refractivity contribution is 6.27. The van der Waals surface area contributed by atoms with E-state index in [1.807, 2.05) is 37.3 Å². The zero-order valence-electron chi connectivity index (χ0n) is 27.4. The van der Waals surface area contributed by atoms with Crippen molar-refractivity contribution < 1.29 is 48.1 Å². The number of ether oxygens (including phenoxy) is 3. The van der Waals surface area contributed by atoms with Crippen molar-refractivity contribution in [3.8, 4) is 5.75 Å². The van der Waals surface area contributed by atoms with Gasteiger partial charge in [-0.2, -0.15) is 0 Å². The molecule has 2 N–H and O–H groups in total. The number of aliphatic hydroxyl groups is 1. The van der Waals surface area contributed by atoms with Crippen LogP contribution in [-0.4, -0.2) is 91.8 Å². The average molecular weight is 640 g/mol. The molecule has 3 aliphatic rings. The lowest BCUT2D eigenvalue weighted by molar-refractivity contribution is -0.180. The number of ketones is 2. The first kappa shape index (κ1) is 34.4. The van der Waals surface area contributed by atoms with Crippen LogP contribution < -0.4 is 15.0 Å². The number of aliphatic hydroxyl groups excluding tert-OH is 1. The van der Waals surface area contributed by atoms with E-state index in [2.05, 4.69) is 0 Å². The predicted octanol–water partition coefficient (Wildman–Crippen LogP) is 2.41. The number of carbonyl (C=O) groups is 6. The van der Waals surface area contributed by atoms with Crippen LogP contribution in [0.25, 0.3) is 0 Å². The molecule has 0 aromatic heterocycles. The highest BCUT2D eigenvalue weighted by Gasteiger charge is 2.67. The molecule has 2 amide bonds. The van der Waals surface area contributed by atoms with Gasteiger partial charge in [0, 0.05) is 52.0 Å². The lowest BCUT2D eigenvalue weighted by atomic mass is 9.58. The van der Waals surface area contributed by atoms with Crippen molar-refractivity contribution in [1.29, 1.82) is 0 Å². The van der Waals surface area contributed by atoms with E-state index in [0.717, 1.165) is 39.3 Å². The quantitative estimate of drug-likeness (QED) is 0.230. The summed E-state index contributed by atoms with van der Waals surface area (Å²) < 4.78 is 17.6. The van der Waals surface area contributed by atoms with Gasteiger partial charge in [0.1, 0.15) is 17.1 Å². The van der Waals surface area contributed by atoms with Crippen LogP contribution in [0, 0.1) is 11.8 Å². The molecule has 0 spiro atoms. The van der Waals surface area contributed by atoms with Crippen molar-refractivity contribution in [2.45, 2.75) is 65.0 Å². The van der Waals surface area contributed by atoms with Gasteiger partial charge in [-0.3, -0.25) is 39.0 Å². The summed E-state index contributed by atoms with van der Waals surface area (Å²) in [7, 11) is 6.87. The lowest BCUT2D eigenvalue weighted by Gasteiger charge is -2.52. The number of rotatable bonds is 9. The number of Topliss-reactive ketones (excluding diaryl/α,β-unsaturated/α-hetero) is 2. The van der Waals surface area contributed by atoms with Gasteiger partial charge < -0.3 is 24.2 Å². The number of hydrogen-bond acceptors (Lipinski definition) is 12. The molecule has 0 radical (unpaired) electrons. The van der Waals surface area contributed by atoms with Crippen molar-refractivity contribution in [2.75, 3.05) is 39.7 Å². The van der Waals surface area contributed by atoms with Crippen molar-refractivity contribution in [1.82, 2.24) is 10.2 Å².